The number of aromatic nitrogens is 3. The van der Waals surface area contributed by atoms with E-state index < -0.39 is 23.1 Å². The molecule has 0 aliphatic carbocycles. The summed E-state index contributed by atoms with van der Waals surface area (Å²) in [6, 6.07) is 3.03. The van der Waals surface area contributed by atoms with E-state index in [0.29, 0.717) is 37.7 Å². The maximum absolute atomic E-state index is 13.8. The molecule has 1 aliphatic heterocycles. The predicted molar refractivity (Wildman–Crippen MR) is 85.8 cm³/mol. The van der Waals surface area contributed by atoms with Crippen LogP contribution < -0.4 is 0 Å². The van der Waals surface area contributed by atoms with Gasteiger partial charge >= 0.3 is 0 Å². The van der Waals surface area contributed by atoms with E-state index in [0.717, 1.165) is 6.07 Å². The Morgan fingerprint density at radius 3 is 2.52 bits per heavy atom. The fourth-order valence-electron chi connectivity index (χ4n) is 2.90. The number of likely N-dealkylation sites (tertiary alicyclic amines) is 1. The minimum atomic E-state index is -1.06. The smallest absolute Gasteiger partial charge is 0.256 e. The van der Waals surface area contributed by atoms with Crippen molar-refractivity contribution in [2.75, 3.05) is 13.1 Å². The number of nitrogens with zero attached hydrogens (tertiary/aromatic N) is 4. The monoisotopic (exact) mass is 350 g/mol. The Labute approximate surface area is 144 Å². The summed E-state index contributed by atoms with van der Waals surface area (Å²) in [5, 5.41) is 18.0. The van der Waals surface area contributed by atoms with E-state index in [9.17, 15) is 18.7 Å². The number of carbonyl (C=O) groups excluding carboxylic acids is 1. The van der Waals surface area contributed by atoms with Gasteiger partial charge in [0.05, 0.1) is 17.8 Å². The summed E-state index contributed by atoms with van der Waals surface area (Å²) in [5.41, 5.74) is -0.695. The maximum Gasteiger partial charge on any atom is 0.256 e. The van der Waals surface area contributed by atoms with Crippen molar-refractivity contribution in [3.63, 3.8) is 0 Å². The first-order valence-electron chi connectivity index (χ1n) is 8.14. The highest BCUT2D eigenvalue weighted by atomic mass is 19.1. The van der Waals surface area contributed by atoms with Crippen LogP contribution in [0.3, 0.4) is 0 Å². The Hall–Kier alpha value is -2.35. The molecule has 1 aromatic heterocycles. The van der Waals surface area contributed by atoms with E-state index in [1.165, 1.54) is 6.07 Å². The summed E-state index contributed by atoms with van der Waals surface area (Å²) < 4.78 is 28.5. The van der Waals surface area contributed by atoms with Crippen molar-refractivity contribution in [3.05, 3.63) is 47.3 Å². The molecule has 8 heteroatoms. The summed E-state index contributed by atoms with van der Waals surface area (Å²) in [4.78, 5) is 14.0. The van der Waals surface area contributed by atoms with Gasteiger partial charge in [0.2, 0.25) is 0 Å². The number of benzene rings is 1. The van der Waals surface area contributed by atoms with Gasteiger partial charge in [0, 0.05) is 19.2 Å². The molecule has 0 unspecified atom stereocenters. The summed E-state index contributed by atoms with van der Waals surface area (Å²) in [6.07, 6.45) is 2.99. The van der Waals surface area contributed by atoms with Crippen molar-refractivity contribution < 1.29 is 18.7 Å². The zero-order valence-electron chi connectivity index (χ0n) is 14.1. The Morgan fingerprint density at radius 1 is 1.28 bits per heavy atom. The van der Waals surface area contributed by atoms with Crippen LogP contribution in [0.25, 0.3) is 0 Å². The van der Waals surface area contributed by atoms with Crippen LogP contribution in [0.15, 0.2) is 24.4 Å². The number of piperidine rings is 1. The minimum Gasteiger partial charge on any atom is -0.384 e. The molecule has 134 valence electrons. The van der Waals surface area contributed by atoms with Crippen molar-refractivity contribution in [2.45, 2.75) is 38.3 Å². The molecular weight excluding hydrogens is 330 g/mol. The van der Waals surface area contributed by atoms with Crippen molar-refractivity contribution in [1.29, 1.82) is 0 Å². The molecule has 0 spiro atoms. The highest BCUT2D eigenvalue weighted by Gasteiger charge is 2.28. The van der Waals surface area contributed by atoms with E-state index in [-0.39, 0.29) is 11.6 Å². The summed E-state index contributed by atoms with van der Waals surface area (Å²) >= 11 is 0. The normalized spacial score (nSPS) is 16.3. The first-order chi connectivity index (χ1) is 11.8. The van der Waals surface area contributed by atoms with Gasteiger partial charge in [0.25, 0.3) is 5.91 Å². The number of amides is 1. The Kier molecular flexibility index (Phi) is 4.55. The van der Waals surface area contributed by atoms with Crippen LogP contribution in [0, 0.1) is 11.6 Å². The number of rotatable bonds is 3. The van der Waals surface area contributed by atoms with Gasteiger partial charge in [-0.05, 0) is 38.8 Å². The Bertz CT molecular complexity index is 777. The van der Waals surface area contributed by atoms with E-state index in [1.54, 1.807) is 29.6 Å². The average Bonchev–Trinajstić information content (AvgIpc) is 3.05. The fourth-order valence-corrected chi connectivity index (χ4v) is 2.90. The number of halogens is 2. The zero-order chi connectivity index (χ0) is 18.2. The van der Waals surface area contributed by atoms with Gasteiger partial charge in [-0.1, -0.05) is 5.21 Å². The molecule has 1 aliphatic rings. The Balaban J connectivity index is 1.65. The molecule has 2 heterocycles. The Morgan fingerprint density at radius 2 is 1.96 bits per heavy atom. The van der Waals surface area contributed by atoms with E-state index in [2.05, 4.69) is 10.3 Å². The standard InChI is InChI=1S/C17H20F2N4O2/c1-17(2,25)15-10-23(21-20-15)12-5-7-22(8-6-12)16(24)13-4-3-11(18)9-14(13)19/h3-4,9-10,12,25H,5-8H2,1-2H3. The largest absolute Gasteiger partial charge is 0.384 e. The van der Waals surface area contributed by atoms with Crippen LogP contribution in [0.1, 0.15) is 48.8 Å². The molecular formula is C17H20F2N4O2. The molecule has 0 bridgehead atoms. The zero-order valence-corrected chi connectivity index (χ0v) is 14.1. The molecule has 1 amide bonds. The van der Waals surface area contributed by atoms with Crippen molar-refractivity contribution in [3.8, 4) is 0 Å². The summed E-state index contributed by atoms with van der Waals surface area (Å²) in [5.74, 6) is -1.99. The van der Waals surface area contributed by atoms with Crippen molar-refractivity contribution >= 4 is 5.91 Å². The lowest BCUT2D eigenvalue weighted by Crippen LogP contribution is -2.39. The van der Waals surface area contributed by atoms with Crippen molar-refractivity contribution in [1.82, 2.24) is 19.9 Å². The molecule has 6 nitrogen and oxygen atoms in total. The molecule has 1 saturated heterocycles. The van der Waals surface area contributed by atoms with Gasteiger partial charge in [-0.2, -0.15) is 0 Å². The number of hydrogen-bond acceptors (Lipinski definition) is 4. The van der Waals surface area contributed by atoms with Crippen LogP contribution in [0.5, 0.6) is 0 Å². The SMILES string of the molecule is CC(C)(O)c1cn(C2CCN(C(=O)c3ccc(F)cc3F)CC2)nn1. The van der Waals surface area contributed by atoms with Gasteiger partial charge < -0.3 is 10.0 Å². The minimum absolute atomic E-state index is 0.0608. The molecule has 1 fully saturated rings. The van der Waals surface area contributed by atoms with Crippen LogP contribution in [-0.4, -0.2) is 44.0 Å². The van der Waals surface area contributed by atoms with E-state index >= 15 is 0 Å². The second kappa shape index (κ2) is 6.51. The first-order valence-corrected chi connectivity index (χ1v) is 8.14. The molecule has 1 N–H and O–H groups in total. The lowest BCUT2D eigenvalue weighted by Gasteiger charge is -2.32. The van der Waals surface area contributed by atoms with Crippen LogP contribution in [0.2, 0.25) is 0 Å². The lowest BCUT2D eigenvalue weighted by atomic mass is 10.0. The van der Waals surface area contributed by atoms with Gasteiger partial charge in [-0.3, -0.25) is 4.79 Å². The van der Waals surface area contributed by atoms with E-state index in [1.807, 2.05) is 0 Å². The highest BCUT2D eigenvalue weighted by molar-refractivity contribution is 5.94. The third-order valence-electron chi connectivity index (χ3n) is 4.42. The molecule has 3 rings (SSSR count). The second-order valence-corrected chi connectivity index (χ2v) is 6.79. The topological polar surface area (TPSA) is 71.2 Å². The van der Waals surface area contributed by atoms with E-state index in [4.69, 9.17) is 0 Å². The number of carbonyl (C=O) groups is 1. The van der Waals surface area contributed by atoms with Crippen LogP contribution >= 0.6 is 0 Å². The first kappa shape index (κ1) is 17.5. The summed E-state index contributed by atoms with van der Waals surface area (Å²) in [7, 11) is 0. The predicted octanol–water partition coefficient (Wildman–Crippen LogP) is 2.26. The molecule has 25 heavy (non-hydrogen) atoms. The van der Waals surface area contributed by atoms with Crippen LogP contribution in [0.4, 0.5) is 8.78 Å². The number of hydrogen-bond donors (Lipinski definition) is 1. The number of aliphatic hydroxyl groups is 1. The molecule has 0 saturated carbocycles. The maximum atomic E-state index is 13.8. The second-order valence-electron chi connectivity index (χ2n) is 6.79. The fraction of sp³-hybridized carbons (Fsp3) is 0.471. The third kappa shape index (κ3) is 3.68. The third-order valence-corrected chi connectivity index (χ3v) is 4.42. The summed E-state index contributed by atoms with van der Waals surface area (Å²) in [6.45, 7) is 4.16. The van der Waals surface area contributed by atoms with Crippen molar-refractivity contribution in [2.24, 2.45) is 0 Å². The van der Waals surface area contributed by atoms with Gasteiger partial charge in [0.15, 0.2) is 0 Å². The lowest BCUT2D eigenvalue weighted by molar-refractivity contribution is 0.0684. The van der Waals surface area contributed by atoms with Gasteiger partial charge in [-0.25, -0.2) is 13.5 Å². The highest BCUT2D eigenvalue weighted by Crippen LogP contribution is 2.25. The molecule has 2 aromatic rings. The molecule has 0 radical (unpaired) electrons. The molecule has 0 atom stereocenters. The van der Waals surface area contributed by atoms with Gasteiger partial charge in [0.1, 0.15) is 22.9 Å². The van der Waals surface area contributed by atoms with Gasteiger partial charge in [-0.15, -0.1) is 5.10 Å². The molecule has 1 aromatic carbocycles. The average molecular weight is 350 g/mol. The quantitative estimate of drug-likeness (QED) is 0.922. The van der Waals surface area contributed by atoms with Crippen LogP contribution in [-0.2, 0) is 5.60 Å².